The first-order chi connectivity index (χ1) is 15.9. The number of methoxy groups -OCH3 is 1. The summed E-state index contributed by atoms with van der Waals surface area (Å²) in [5.74, 6) is -0.798. The van der Waals surface area contributed by atoms with Gasteiger partial charge in [-0.3, -0.25) is 14.5 Å². The molecule has 178 valence electrons. The fraction of sp³-hybridized carbons (Fsp3) is 0.500. The van der Waals surface area contributed by atoms with Gasteiger partial charge in [-0.15, -0.1) is 0 Å². The molecule has 1 N–H and O–H groups in total. The van der Waals surface area contributed by atoms with Crippen LogP contribution in [0, 0.1) is 5.92 Å². The molecule has 0 bridgehead atoms. The van der Waals surface area contributed by atoms with E-state index in [2.05, 4.69) is 11.8 Å². The van der Waals surface area contributed by atoms with Crippen molar-refractivity contribution >= 4 is 17.6 Å². The molecule has 2 aromatic rings. The number of aliphatic carboxylic acids is 1. The summed E-state index contributed by atoms with van der Waals surface area (Å²) < 4.78 is 7.19. The predicted molar refractivity (Wildman–Crippen MR) is 127 cm³/mol. The van der Waals surface area contributed by atoms with E-state index in [0.29, 0.717) is 19.5 Å². The molecule has 7 heteroatoms. The van der Waals surface area contributed by atoms with E-state index in [1.807, 2.05) is 72.2 Å². The van der Waals surface area contributed by atoms with Crippen molar-refractivity contribution in [2.45, 2.75) is 45.1 Å². The molecule has 33 heavy (non-hydrogen) atoms. The van der Waals surface area contributed by atoms with Crippen LogP contribution in [0.4, 0.5) is 5.69 Å². The molecule has 1 aliphatic heterocycles. The van der Waals surface area contributed by atoms with Crippen LogP contribution < -0.4 is 14.2 Å². The fourth-order valence-corrected chi connectivity index (χ4v) is 4.90. The Balaban J connectivity index is 1.85. The zero-order chi connectivity index (χ0) is 24.0. The quantitative estimate of drug-likeness (QED) is 0.558. The van der Waals surface area contributed by atoms with Crippen LogP contribution in [0.15, 0.2) is 48.8 Å². The van der Waals surface area contributed by atoms with Gasteiger partial charge in [0.2, 0.25) is 5.91 Å². The third-order valence-electron chi connectivity index (χ3n) is 6.61. The Morgan fingerprint density at radius 1 is 1.21 bits per heavy atom. The lowest BCUT2D eigenvalue weighted by Gasteiger charge is -2.28. The highest BCUT2D eigenvalue weighted by atomic mass is 16.5. The fourth-order valence-electron chi connectivity index (χ4n) is 4.90. The van der Waals surface area contributed by atoms with Crippen LogP contribution in [-0.4, -0.2) is 54.7 Å². The number of pyridine rings is 1. The summed E-state index contributed by atoms with van der Waals surface area (Å²) >= 11 is 0. The smallest absolute Gasteiger partial charge is 0.308 e. The summed E-state index contributed by atoms with van der Waals surface area (Å²) in [6.07, 6.45) is 6.47. The number of nitrogens with zero attached hydrogens (tertiary/aromatic N) is 3. The van der Waals surface area contributed by atoms with Gasteiger partial charge in [0, 0.05) is 31.1 Å². The number of aromatic nitrogens is 1. The Morgan fingerprint density at radius 3 is 2.52 bits per heavy atom. The Kier molecular flexibility index (Phi) is 8.44. The molecule has 7 nitrogen and oxygen atoms in total. The average Bonchev–Trinajstić information content (AvgIpc) is 3.17. The third-order valence-corrected chi connectivity index (χ3v) is 6.61. The van der Waals surface area contributed by atoms with E-state index < -0.39 is 11.9 Å². The number of hydrogen-bond acceptors (Lipinski definition) is 4. The van der Waals surface area contributed by atoms with Crippen molar-refractivity contribution in [1.82, 2.24) is 4.90 Å². The van der Waals surface area contributed by atoms with Gasteiger partial charge in [-0.2, -0.15) is 0 Å². The first-order valence-electron chi connectivity index (χ1n) is 11.8. The van der Waals surface area contributed by atoms with Gasteiger partial charge in [0.05, 0.1) is 19.6 Å². The summed E-state index contributed by atoms with van der Waals surface area (Å²) in [6, 6.07) is 11.3. The Hall–Kier alpha value is -2.93. The zero-order valence-corrected chi connectivity index (χ0v) is 20.1. The summed E-state index contributed by atoms with van der Waals surface area (Å²) in [5.41, 5.74) is 1.83. The predicted octanol–water partition coefficient (Wildman–Crippen LogP) is 3.23. The van der Waals surface area contributed by atoms with Gasteiger partial charge in [0.25, 0.3) is 0 Å². The normalized spacial score (nSPS) is 20.5. The number of hydrogen-bond donors (Lipinski definition) is 1. The van der Waals surface area contributed by atoms with Crippen LogP contribution in [0.2, 0.25) is 0 Å². The number of benzene rings is 1. The third kappa shape index (κ3) is 5.71. The first-order valence-corrected chi connectivity index (χ1v) is 11.8. The Bertz CT molecular complexity index is 947. The van der Waals surface area contributed by atoms with Gasteiger partial charge in [0.1, 0.15) is 18.5 Å². The lowest BCUT2D eigenvalue weighted by Crippen LogP contribution is -2.45. The molecule has 0 radical (unpaired) electrons. The molecule has 3 atom stereocenters. The van der Waals surface area contributed by atoms with Gasteiger partial charge in [-0.1, -0.05) is 32.4 Å². The standard InChI is InChI=1S/C26H35N3O4/c1-5-7-15-29(20-9-8-14-27(3)16-20)24(30)18-28-17-22(25(26(31)32)23(28)6-2)19-10-12-21(33-4)13-11-19/h8-14,16,22-23,25H,5-7,15,17-18H2,1-4H3/p+1/t22-,23+,25-/m1/s1. The van der Waals surface area contributed by atoms with E-state index in [-0.39, 0.29) is 24.4 Å². The molecule has 0 spiro atoms. The highest BCUT2D eigenvalue weighted by Crippen LogP contribution is 2.39. The number of carbonyl (C=O) groups excluding carboxylic acids is 1. The number of carboxylic acid groups (broad SMARTS) is 1. The maximum atomic E-state index is 13.5. The number of anilines is 1. The zero-order valence-electron chi connectivity index (χ0n) is 20.1. The topological polar surface area (TPSA) is 74.0 Å². The van der Waals surface area contributed by atoms with E-state index >= 15 is 0 Å². The Morgan fingerprint density at radius 2 is 1.94 bits per heavy atom. The van der Waals surface area contributed by atoms with Crippen molar-refractivity contribution in [3.8, 4) is 5.75 Å². The monoisotopic (exact) mass is 454 g/mol. The summed E-state index contributed by atoms with van der Waals surface area (Å²) in [7, 11) is 3.55. The molecule has 0 unspecified atom stereocenters. The molecule has 3 rings (SSSR count). The molecule has 1 saturated heterocycles. The largest absolute Gasteiger partial charge is 0.497 e. The highest BCUT2D eigenvalue weighted by molar-refractivity contribution is 5.94. The molecule has 0 saturated carbocycles. The van der Waals surface area contributed by atoms with Crippen molar-refractivity contribution in [3.05, 3.63) is 54.4 Å². The minimum atomic E-state index is -0.810. The minimum Gasteiger partial charge on any atom is -0.497 e. The molecule has 1 aromatic carbocycles. The lowest BCUT2D eigenvalue weighted by atomic mass is 9.84. The van der Waals surface area contributed by atoms with Gasteiger partial charge in [-0.25, -0.2) is 4.57 Å². The van der Waals surface area contributed by atoms with Crippen molar-refractivity contribution < 1.29 is 24.0 Å². The molecule has 0 aliphatic carbocycles. The highest BCUT2D eigenvalue weighted by Gasteiger charge is 2.46. The van der Waals surface area contributed by atoms with E-state index in [9.17, 15) is 14.7 Å². The van der Waals surface area contributed by atoms with Crippen LogP contribution >= 0.6 is 0 Å². The maximum absolute atomic E-state index is 13.5. The molecule has 1 aliphatic rings. The number of aryl methyl sites for hydroxylation is 1. The maximum Gasteiger partial charge on any atom is 0.308 e. The average molecular weight is 455 g/mol. The number of unbranched alkanes of at least 4 members (excludes halogenated alkanes) is 1. The van der Waals surface area contributed by atoms with Crippen LogP contribution in [-0.2, 0) is 16.6 Å². The second kappa shape index (κ2) is 11.3. The first kappa shape index (κ1) is 24.7. The van der Waals surface area contributed by atoms with Gasteiger partial charge in [-0.05, 0) is 36.6 Å². The molecule has 1 amide bonds. The minimum absolute atomic E-state index is 0.00706. The van der Waals surface area contributed by atoms with E-state index in [0.717, 1.165) is 29.8 Å². The molecule has 1 fully saturated rings. The number of carbonyl (C=O) groups is 2. The van der Waals surface area contributed by atoms with E-state index in [1.165, 1.54) is 0 Å². The lowest BCUT2D eigenvalue weighted by molar-refractivity contribution is -0.670. The van der Waals surface area contributed by atoms with Crippen LogP contribution in [0.5, 0.6) is 5.75 Å². The van der Waals surface area contributed by atoms with Crippen LogP contribution in [0.25, 0.3) is 0 Å². The summed E-state index contributed by atoms with van der Waals surface area (Å²) in [5, 5.41) is 10.1. The van der Waals surface area contributed by atoms with Crippen LogP contribution in [0.3, 0.4) is 0 Å². The van der Waals surface area contributed by atoms with Gasteiger partial charge < -0.3 is 14.7 Å². The van der Waals surface area contributed by atoms with Gasteiger partial charge in [0.15, 0.2) is 12.4 Å². The SMILES string of the molecule is CCCCN(C(=O)CN1C[C@H](c2ccc(OC)cc2)[C@@H](C(=O)O)[C@@H]1CC)c1ccc[n+](C)c1. The molecular formula is C26H36N3O4+. The number of carboxylic acids is 1. The van der Waals surface area contributed by atoms with Crippen molar-refractivity contribution in [2.75, 3.05) is 31.6 Å². The van der Waals surface area contributed by atoms with Crippen LogP contribution in [0.1, 0.15) is 44.6 Å². The number of amides is 1. The second-order valence-electron chi connectivity index (χ2n) is 8.78. The molecular weight excluding hydrogens is 418 g/mol. The number of rotatable bonds is 10. The summed E-state index contributed by atoms with van der Waals surface area (Å²) in [6.45, 7) is 5.50. The van der Waals surface area contributed by atoms with E-state index in [4.69, 9.17) is 4.74 Å². The summed E-state index contributed by atoms with van der Waals surface area (Å²) in [4.78, 5) is 29.7. The van der Waals surface area contributed by atoms with Crippen molar-refractivity contribution in [2.24, 2.45) is 13.0 Å². The second-order valence-corrected chi connectivity index (χ2v) is 8.78. The van der Waals surface area contributed by atoms with Crippen molar-refractivity contribution in [1.29, 1.82) is 0 Å². The van der Waals surface area contributed by atoms with E-state index in [1.54, 1.807) is 7.11 Å². The Labute approximate surface area is 196 Å². The number of ether oxygens (including phenoxy) is 1. The van der Waals surface area contributed by atoms with Gasteiger partial charge >= 0.3 is 5.97 Å². The molecule has 1 aromatic heterocycles. The molecule has 2 heterocycles. The van der Waals surface area contributed by atoms with Crippen molar-refractivity contribution in [3.63, 3.8) is 0 Å². The number of likely N-dealkylation sites (tertiary alicyclic amines) is 1.